The number of nitrogens with two attached hydrogens (primary N) is 1. The van der Waals surface area contributed by atoms with Gasteiger partial charge in [0, 0.05) is 11.7 Å². The minimum atomic E-state index is -0.0863. The van der Waals surface area contributed by atoms with Crippen molar-refractivity contribution in [3.8, 4) is 0 Å². The van der Waals surface area contributed by atoms with Crippen molar-refractivity contribution in [3.05, 3.63) is 28.8 Å². The second-order valence-electron chi connectivity index (χ2n) is 6.37. The number of fused-ring (bicyclic) bond motifs is 1. The van der Waals surface area contributed by atoms with Crippen molar-refractivity contribution in [1.82, 2.24) is 0 Å². The Morgan fingerprint density at radius 3 is 2.50 bits per heavy atom. The number of aryl methyl sites for hydroxylation is 1. The third kappa shape index (κ3) is 2.03. The van der Waals surface area contributed by atoms with E-state index in [1.54, 1.807) is 0 Å². The van der Waals surface area contributed by atoms with E-state index >= 15 is 0 Å². The number of nitrogens with one attached hydrogen (secondary N) is 1. The molecule has 2 rings (SSSR count). The zero-order valence-corrected chi connectivity index (χ0v) is 11.8. The molecule has 0 aliphatic carbocycles. The van der Waals surface area contributed by atoms with Crippen molar-refractivity contribution in [2.75, 3.05) is 5.32 Å². The van der Waals surface area contributed by atoms with E-state index < -0.39 is 0 Å². The van der Waals surface area contributed by atoms with Gasteiger partial charge in [-0.05, 0) is 30.4 Å². The molecule has 3 heteroatoms. The summed E-state index contributed by atoms with van der Waals surface area (Å²) in [6, 6.07) is 4.08. The van der Waals surface area contributed by atoms with Gasteiger partial charge in [0.05, 0.1) is 5.92 Å². The van der Waals surface area contributed by atoms with Crippen LogP contribution in [0.15, 0.2) is 12.1 Å². The molecular weight excluding hydrogens is 224 g/mol. The quantitative estimate of drug-likeness (QED) is 0.800. The van der Waals surface area contributed by atoms with Crippen molar-refractivity contribution in [2.24, 2.45) is 11.1 Å². The van der Waals surface area contributed by atoms with Gasteiger partial charge in [0.25, 0.3) is 0 Å². The Morgan fingerprint density at radius 2 is 1.94 bits per heavy atom. The van der Waals surface area contributed by atoms with Gasteiger partial charge in [-0.1, -0.05) is 38.5 Å². The van der Waals surface area contributed by atoms with E-state index in [9.17, 15) is 4.79 Å². The summed E-state index contributed by atoms with van der Waals surface area (Å²) in [6.45, 7) is 10.3. The van der Waals surface area contributed by atoms with E-state index in [0.717, 1.165) is 22.4 Å². The molecule has 0 saturated heterocycles. The van der Waals surface area contributed by atoms with Gasteiger partial charge in [-0.25, -0.2) is 0 Å². The first-order valence-electron chi connectivity index (χ1n) is 6.42. The van der Waals surface area contributed by atoms with Gasteiger partial charge in [-0.15, -0.1) is 0 Å². The van der Waals surface area contributed by atoms with Gasteiger partial charge < -0.3 is 11.1 Å². The first-order chi connectivity index (χ1) is 8.21. The van der Waals surface area contributed by atoms with Crippen LogP contribution in [0.4, 0.5) is 5.69 Å². The van der Waals surface area contributed by atoms with Crippen LogP contribution in [0.3, 0.4) is 0 Å². The summed E-state index contributed by atoms with van der Waals surface area (Å²) in [5, 5.41) is 2.98. The Kier molecular flexibility index (Phi) is 2.98. The lowest BCUT2D eigenvalue weighted by atomic mass is 9.81. The van der Waals surface area contributed by atoms with Crippen LogP contribution < -0.4 is 11.1 Å². The molecule has 0 bridgehead atoms. The smallest absolute Gasteiger partial charge is 0.231 e. The van der Waals surface area contributed by atoms with Gasteiger partial charge in [0.1, 0.15) is 0 Å². The topological polar surface area (TPSA) is 55.1 Å². The molecule has 18 heavy (non-hydrogen) atoms. The zero-order chi connectivity index (χ0) is 13.7. The highest BCUT2D eigenvalue weighted by atomic mass is 16.2. The minimum absolute atomic E-state index is 0.0296. The molecule has 2 atom stereocenters. The summed E-state index contributed by atoms with van der Waals surface area (Å²) in [7, 11) is 0. The molecule has 0 spiro atoms. The number of carbonyl (C=O) groups excluding carboxylic acids is 1. The molecule has 0 radical (unpaired) electrons. The zero-order valence-electron chi connectivity index (χ0n) is 11.8. The second-order valence-corrected chi connectivity index (χ2v) is 6.37. The number of rotatable bonds is 1. The number of benzene rings is 1. The fourth-order valence-corrected chi connectivity index (χ4v) is 2.41. The fraction of sp³-hybridized carbons (Fsp3) is 0.533. The predicted molar refractivity (Wildman–Crippen MR) is 74.6 cm³/mol. The Bertz CT molecular complexity index is 500. The number of hydrogen-bond donors (Lipinski definition) is 2. The maximum atomic E-state index is 11.8. The van der Waals surface area contributed by atoms with Gasteiger partial charge in [0.15, 0.2) is 0 Å². The third-order valence-electron chi connectivity index (χ3n) is 3.72. The van der Waals surface area contributed by atoms with Crippen LogP contribution in [-0.4, -0.2) is 5.91 Å². The van der Waals surface area contributed by atoms with E-state index in [4.69, 9.17) is 5.73 Å². The van der Waals surface area contributed by atoms with Gasteiger partial charge in [-0.3, -0.25) is 4.79 Å². The molecule has 3 nitrogen and oxygen atoms in total. The van der Waals surface area contributed by atoms with Crippen LogP contribution in [0.5, 0.6) is 0 Å². The first kappa shape index (κ1) is 13.1. The minimum Gasteiger partial charge on any atom is -0.325 e. The molecule has 0 aromatic heterocycles. The molecule has 2 unspecified atom stereocenters. The van der Waals surface area contributed by atoms with Crippen LogP contribution in [0.1, 0.15) is 56.3 Å². The van der Waals surface area contributed by atoms with E-state index in [-0.39, 0.29) is 23.3 Å². The van der Waals surface area contributed by atoms with Crippen LogP contribution >= 0.6 is 0 Å². The summed E-state index contributed by atoms with van der Waals surface area (Å²) in [6.07, 6.45) is 0. The van der Waals surface area contributed by atoms with Crippen LogP contribution in [0.2, 0.25) is 0 Å². The summed E-state index contributed by atoms with van der Waals surface area (Å²) in [5.74, 6) is -0.0104. The normalized spacial score (nSPS) is 20.6. The number of carbonyl (C=O) groups is 1. The fourth-order valence-electron chi connectivity index (χ4n) is 2.41. The maximum absolute atomic E-state index is 11.8. The lowest BCUT2D eigenvalue weighted by molar-refractivity contribution is -0.116. The van der Waals surface area contributed by atoms with E-state index in [2.05, 4.69) is 45.1 Å². The molecular formula is C15H22N2O. The highest BCUT2D eigenvalue weighted by molar-refractivity contribution is 6.03. The standard InChI is InChI=1S/C15H22N2O/c1-8-6-10-9(2)14(18)17-12(10)11(7-8)13(16)15(3,4)5/h6-7,9,13H,16H2,1-5H3,(H,17,18). The average molecular weight is 246 g/mol. The van der Waals surface area contributed by atoms with Crippen molar-refractivity contribution in [1.29, 1.82) is 0 Å². The summed E-state index contributed by atoms with van der Waals surface area (Å²) < 4.78 is 0. The summed E-state index contributed by atoms with van der Waals surface area (Å²) in [5.41, 5.74) is 10.5. The maximum Gasteiger partial charge on any atom is 0.231 e. The van der Waals surface area contributed by atoms with Crippen molar-refractivity contribution in [2.45, 2.75) is 46.6 Å². The van der Waals surface area contributed by atoms with Crippen molar-refractivity contribution >= 4 is 11.6 Å². The summed E-state index contributed by atoms with van der Waals surface area (Å²) in [4.78, 5) is 11.8. The molecule has 1 aromatic rings. The van der Waals surface area contributed by atoms with E-state index in [1.165, 1.54) is 0 Å². The third-order valence-corrected chi connectivity index (χ3v) is 3.72. The number of anilines is 1. The lowest BCUT2D eigenvalue weighted by Gasteiger charge is -2.29. The SMILES string of the molecule is Cc1cc2c(c(C(N)C(C)(C)C)c1)NC(=O)C2C. The summed E-state index contributed by atoms with van der Waals surface area (Å²) >= 11 is 0. The van der Waals surface area contributed by atoms with Crippen molar-refractivity contribution < 1.29 is 4.79 Å². The second kappa shape index (κ2) is 4.09. The van der Waals surface area contributed by atoms with Crippen molar-refractivity contribution in [3.63, 3.8) is 0 Å². The van der Waals surface area contributed by atoms with Crippen LogP contribution in [0, 0.1) is 12.3 Å². The van der Waals surface area contributed by atoms with Gasteiger partial charge >= 0.3 is 0 Å². The molecule has 3 N–H and O–H groups in total. The van der Waals surface area contributed by atoms with Crippen LogP contribution in [-0.2, 0) is 4.79 Å². The van der Waals surface area contributed by atoms with Crippen LogP contribution in [0.25, 0.3) is 0 Å². The monoisotopic (exact) mass is 246 g/mol. The number of amides is 1. The van der Waals surface area contributed by atoms with Gasteiger partial charge in [-0.2, -0.15) is 0 Å². The average Bonchev–Trinajstić information content (AvgIpc) is 2.53. The lowest BCUT2D eigenvalue weighted by Crippen LogP contribution is -2.27. The molecule has 1 aromatic carbocycles. The molecule has 98 valence electrons. The van der Waals surface area contributed by atoms with E-state index in [1.807, 2.05) is 6.92 Å². The highest BCUT2D eigenvalue weighted by Gasteiger charge is 2.33. The predicted octanol–water partition coefficient (Wildman–Crippen LogP) is 3.10. The molecule has 1 heterocycles. The molecule has 1 aliphatic rings. The number of hydrogen-bond acceptors (Lipinski definition) is 2. The molecule has 0 fully saturated rings. The Labute approximate surface area is 109 Å². The first-order valence-corrected chi connectivity index (χ1v) is 6.42. The Hall–Kier alpha value is -1.35. The Morgan fingerprint density at radius 1 is 1.33 bits per heavy atom. The molecule has 1 amide bonds. The van der Waals surface area contributed by atoms with Gasteiger partial charge in [0.2, 0.25) is 5.91 Å². The Balaban J connectivity index is 2.58. The molecule has 1 aliphatic heterocycles. The highest BCUT2D eigenvalue weighted by Crippen LogP contribution is 2.42. The van der Waals surface area contributed by atoms with E-state index in [0.29, 0.717) is 0 Å². The molecule has 0 saturated carbocycles. The largest absolute Gasteiger partial charge is 0.325 e.